The Morgan fingerprint density at radius 2 is 1.64 bits per heavy atom. The lowest BCUT2D eigenvalue weighted by Gasteiger charge is -2.16. The Morgan fingerprint density at radius 1 is 1.00 bits per heavy atom. The molecule has 36 heavy (non-hydrogen) atoms. The van der Waals surface area contributed by atoms with Gasteiger partial charge in [-0.1, -0.05) is 0 Å². The fourth-order valence-electron chi connectivity index (χ4n) is 3.45. The Hall–Kier alpha value is -4.02. The van der Waals surface area contributed by atoms with E-state index >= 15 is 0 Å². The molecule has 0 aliphatic rings. The van der Waals surface area contributed by atoms with Crippen molar-refractivity contribution in [2.45, 2.75) is 19.5 Å². The number of benzene rings is 2. The first-order chi connectivity index (χ1) is 17.3. The summed E-state index contributed by atoms with van der Waals surface area (Å²) < 4.78 is 28.1. The summed E-state index contributed by atoms with van der Waals surface area (Å²) in [6, 6.07) is 13.5. The number of anilines is 1. The van der Waals surface area contributed by atoms with Crippen LogP contribution < -0.4 is 16.2 Å². The van der Waals surface area contributed by atoms with Crippen molar-refractivity contribution in [1.29, 1.82) is 0 Å². The predicted molar refractivity (Wildman–Crippen MR) is 134 cm³/mol. The molecule has 2 aromatic heterocycles. The largest absolute Gasteiger partial charge is 0.320 e. The fourth-order valence-corrected chi connectivity index (χ4v) is 4.21. The van der Waals surface area contributed by atoms with Crippen molar-refractivity contribution in [2.75, 3.05) is 12.4 Å². The molecule has 1 atom stereocenters. The molecule has 2 aromatic carbocycles. The number of hydrogen-bond donors (Lipinski definition) is 2. The summed E-state index contributed by atoms with van der Waals surface area (Å²) in [7, 11) is 1.63. The van der Waals surface area contributed by atoms with Crippen molar-refractivity contribution < 1.29 is 18.4 Å². The molecule has 0 aliphatic heterocycles. The molecule has 7 nitrogen and oxygen atoms in total. The molecular weight excluding hydrogens is 486 g/mol. The van der Waals surface area contributed by atoms with Crippen LogP contribution in [0.15, 0.2) is 70.8 Å². The normalized spacial score (nSPS) is 11.8. The highest BCUT2D eigenvalue weighted by Gasteiger charge is 2.18. The summed E-state index contributed by atoms with van der Waals surface area (Å²) in [6.45, 7) is 1.67. The first-order valence-electron chi connectivity index (χ1n) is 11.0. The van der Waals surface area contributed by atoms with Crippen LogP contribution in [0, 0.1) is 11.6 Å². The maximum Gasteiger partial charge on any atom is 0.275 e. The number of thiazole rings is 1. The standard InChI is InChI=1S/C26H22F2N4O3S/c1-15(29-2)25(34)31-20-11-12-22(16-3-7-18(27)8-4-16)32(26(20)35)13-23-30-21(14-36-23)24(33)17-5-9-19(28)10-6-17/h3-12,14-15,29H,13H2,1-2H3,(H,31,34). The molecule has 0 bridgehead atoms. The molecule has 1 unspecified atom stereocenters. The SMILES string of the molecule is CNC(C)C(=O)Nc1ccc(-c2ccc(F)cc2)n(Cc2nc(C(=O)c3ccc(F)cc3)cs2)c1=O. The molecule has 10 heteroatoms. The van der Waals surface area contributed by atoms with Crippen LogP contribution in [0.3, 0.4) is 0 Å². The molecule has 0 radical (unpaired) electrons. The average molecular weight is 509 g/mol. The first kappa shape index (κ1) is 25.1. The lowest BCUT2D eigenvalue weighted by atomic mass is 10.1. The number of nitrogens with one attached hydrogen (secondary N) is 2. The van der Waals surface area contributed by atoms with E-state index in [4.69, 9.17) is 0 Å². The summed E-state index contributed by atoms with van der Waals surface area (Å²) in [5.41, 5.74) is 1.14. The second kappa shape index (κ2) is 10.7. The van der Waals surface area contributed by atoms with Crippen LogP contribution >= 0.6 is 11.3 Å². The van der Waals surface area contributed by atoms with Gasteiger partial charge >= 0.3 is 0 Å². The van der Waals surface area contributed by atoms with Gasteiger partial charge in [0.2, 0.25) is 11.7 Å². The number of halogens is 2. The minimum Gasteiger partial charge on any atom is -0.320 e. The number of likely N-dealkylation sites (N-methyl/N-ethyl adjacent to an activating group) is 1. The van der Waals surface area contributed by atoms with Gasteiger partial charge in [0.05, 0.1) is 18.3 Å². The zero-order chi connectivity index (χ0) is 25.8. The van der Waals surface area contributed by atoms with E-state index in [1.54, 1.807) is 37.6 Å². The molecule has 0 aliphatic carbocycles. The van der Waals surface area contributed by atoms with Gasteiger partial charge in [-0.15, -0.1) is 11.3 Å². The number of nitrogens with zero attached hydrogens (tertiary/aromatic N) is 2. The molecule has 0 fully saturated rings. The number of hydrogen-bond acceptors (Lipinski definition) is 6. The monoisotopic (exact) mass is 508 g/mol. The maximum atomic E-state index is 13.5. The Kier molecular flexibility index (Phi) is 7.47. The molecule has 184 valence electrons. The van der Waals surface area contributed by atoms with E-state index in [1.807, 2.05) is 0 Å². The van der Waals surface area contributed by atoms with Gasteiger partial charge in [-0.05, 0) is 80.2 Å². The number of carbonyl (C=O) groups is 2. The Balaban J connectivity index is 1.70. The summed E-state index contributed by atoms with van der Waals surface area (Å²) in [5, 5.41) is 7.49. The number of carbonyl (C=O) groups excluding carboxylic acids is 2. The minimum atomic E-state index is -0.520. The van der Waals surface area contributed by atoms with Crippen molar-refractivity contribution >= 4 is 28.7 Å². The summed E-state index contributed by atoms with van der Waals surface area (Å²) >= 11 is 1.19. The number of pyridine rings is 1. The minimum absolute atomic E-state index is 0.0121. The highest BCUT2D eigenvalue weighted by Crippen LogP contribution is 2.23. The quantitative estimate of drug-likeness (QED) is 0.350. The second-order valence-electron chi connectivity index (χ2n) is 7.99. The van der Waals surface area contributed by atoms with E-state index < -0.39 is 23.2 Å². The predicted octanol–water partition coefficient (Wildman–Crippen LogP) is 4.08. The van der Waals surface area contributed by atoms with Crippen LogP contribution in [0.4, 0.5) is 14.5 Å². The summed E-state index contributed by atoms with van der Waals surface area (Å²) in [6.07, 6.45) is 0. The van der Waals surface area contributed by atoms with Crippen LogP contribution in [-0.2, 0) is 11.3 Å². The van der Waals surface area contributed by atoms with Gasteiger partial charge in [0.1, 0.15) is 28.0 Å². The smallest absolute Gasteiger partial charge is 0.275 e. The summed E-state index contributed by atoms with van der Waals surface area (Å²) in [4.78, 5) is 42.9. The molecule has 2 N–H and O–H groups in total. The number of aromatic nitrogens is 2. The van der Waals surface area contributed by atoms with Crippen LogP contribution in [0.25, 0.3) is 11.3 Å². The van der Waals surface area contributed by atoms with E-state index in [1.165, 1.54) is 58.4 Å². The zero-order valence-electron chi connectivity index (χ0n) is 19.4. The van der Waals surface area contributed by atoms with Gasteiger partial charge in [0.25, 0.3) is 5.56 Å². The molecule has 0 spiro atoms. The van der Waals surface area contributed by atoms with Crippen LogP contribution in [0.1, 0.15) is 28.0 Å². The van der Waals surface area contributed by atoms with E-state index in [9.17, 15) is 23.2 Å². The third kappa shape index (κ3) is 5.45. The highest BCUT2D eigenvalue weighted by atomic mass is 32.1. The van der Waals surface area contributed by atoms with E-state index in [0.29, 0.717) is 21.8 Å². The third-order valence-electron chi connectivity index (χ3n) is 5.58. The van der Waals surface area contributed by atoms with Crippen LogP contribution in [0.5, 0.6) is 0 Å². The highest BCUT2D eigenvalue weighted by molar-refractivity contribution is 7.09. The Morgan fingerprint density at radius 3 is 2.28 bits per heavy atom. The Bertz CT molecular complexity index is 1460. The molecule has 0 saturated carbocycles. The molecule has 0 saturated heterocycles. The van der Waals surface area contributed by atoms with Crippen LogP contribution in [0.2, 0.25) is 0 Å². The van der Waals surface area contributed by atoms with Gasteiger partial charge in [0, 0.05) is 10.9 Å². The third-order valence-corrected chi connectivity index (χ3v) is 6.42. The molecule has 4 rings (SSSR count). The van der Waals surface area contributed by atoms with Crippen molar-refractivity contribution in [3.63, 3.8) is 0 Å². The number of ketones is 1. The first-order valence-corrected chi connectivity index (χ1v) is 11.9. The van der Waals surface area contributed by atoms with Crippen molar-refractivity contribution in [3.8, 4) is 11.3 Å². The fraction of sp³-hybridized carbons (Fsp3) is 0.154. The van der Waals surface area contributed by atoms with Crippen molar-refractivity contribution in [3.05, 3.63) is 104 Å². The van der Waals surface area contributed by atoms with Crippen LogP contribution in [-0.4, -0.2) is 34.3 Å². The molecular formula is C26H22F2N4O3S. The zero-order valence-corrected chi connectivity index (χ0v) is 20.2. The second-order valence-corrected chi connectivity index (χ2v) is 8.94. The maximum absolute atomic E-state index is 13.5. The Labute approximate surface area is 209 Å². The van der Waals surface area contributed by atoms with Gasteiger partial charge in [-0.25, -0.2) is 13.8 Å². The molecule has 1 amide bonds. The molecule has 4 aromatic rings. The number of amides is 1. The lowest BCUT2D eigenvalue weighted by Crippen LogP contribution is -2.37. The summed E-state index contributed by atoms with van der Waals surface area (Å²) in [5.74, 6) is -1.61. The van der Waals surface area contributed by atoms with Gasteiger partial charge in [-0.2, -0.15) is 0 Å². The van der Waals surface area contributed by atoms with E-state index in [-0.39, 0.29) is 29.6 Å². The van der Waals surface area contributed by atoms with Gasteiger partial charge in [-0.3, -0.25) is 19.0 Å². The lowest BCUT2D eigenvalue weighted by molar-refractivity contribution is -0.117. The van der Waals surface area contributed by atoms with Crippen molar-refractivity contribution in [1.82, 2.24) is 14.9 Å². The average Bonchev–Trinajstić information content (AvgIpc) is 3.35. The van der Waals surface area contributed by atoms with E-state index in [2.05, 4.69) is 15.6 Å². The van der Waals surface area contributed by atoms with E-state index in [0.717, 1.165) is 0 Å². The van der Waals surface area contributed by atoms with Gasteiger partial charge < -0.3 is 10.6 Å². The number of rotatable bonds is 8. The molecule has 2 heterocycles. The van der Waals surface area contributed by atoms with Gasteiger partial charge in [0.15, 0.2) is 0 Å². The van der Waals surface area contributed by atoms with Crippen molar-refractivity contribution in [2.24, 2.45) is 0 Å². The topological polar surface area (TPSA) is 93.1 Å².